The van der Waals surface area contributed by atoms with E-state index in [1.54, 1.807) is 18.2 Å². The van der Waals surface area contributed by atoms with E-state index in [0.29, 0.717) is 24.6 Å². The van der Waals surface area contributed by atoms with Crippen molar-refractivity contribution >= 4 is 34.5 Å². The summed E-state index contributed by atoms with van der Waals surface area (Å²) in [6, 6.07) is 5.04. The van der Waals surface area contributed by atoms with E-state index in [0.717, 1.165) is 35.1 Å². The van der Waals surface area contributed by atoms with Gasteiger partial charge >= 0.3 is 0 Å². The van der Waals surface area contributed by atoms with E-state index in [1.807, 2.05) is 17.1 Å². The molecule has 1 fully saturated rings. The molecule has 5 rings (SSSR count). The van der Waals surface area contributed by atoms with Crippen molar-refractivity contribution in [3.8, 4) is 11.5 Å². The van der Waals surface area contributed by atoms with Crippen LogP contribution in [-0.2, 0) is 6.54 Å². The summed E-state index contributed by atoms with van der Waals surface area (Å²) >= 11 is 1.51. The number of hydrogen-bond acceptors (Lipinski definition) is 9. The molecule has 0 atom stereocenters. The second-order valence-corrected chi connectivity index (χ2v) is 8.27. The predicted octanol–water partition coefficient (Wildman–Crippen LogP) is 3.22. The lowest BCUT2D eigenvalue weighted by Crippen LogP contribution is -2.30. The normalized spacial score (nSPS) is 14.2. The molecule has 1 N–H and O–H groups in total. The van der Waals surface area contributed by atoms with Crippen LogP contribution >= 0.6 is 11.8 Å². The average Bonchev–Trinajstić information content (AvgIpc) is 3.59. The first-order valence-corrected chi connectivity index (χ1v) is 11.8. The molecule has 4 aromatic heterocycles. The molecule has 10 nitrogen and oxygen atoms in total. The molecule has 1 aliphatic rings. The number of carbonyl (C=O) groups is 1. The predicted molar refractivity (Wildman–Crippen MR) is 120 cm³/mol. The van der Waals surface area contributed by atoms with E-state index in [9.17, 15) is 4.79 Å². The highest BCUT2D eigenvalue weighted by molar-refractivity contribution is 7.98. The number of aromatic nitrogens is 5. The van der Waals surface area contributed by atoms with Gasteiger partial charge in [0.05, 0.1) is 24.4 Å². The second kappa shape index (κ2) is 9.03. The third-order valence-corrected chi connectivity index (χ3v) is 5.96. The third kappa shape index (κ3) is 4.07. The fraction of sp³-hybridized carbons (Fsp3) is 0.381. The van der Waals surface area contributed by atoms with Gasteiger partial charge in [0, 0.05) is 25.7 Å². The molecule has 1 amide bonds. The number of nitrogens with zero attached hydrogens (tertiary/aromatic N) is 6. The molecule has 5 heterocycles. The number of anilines is 1. The zero-order valence-electron chi connectivity index (χ0n) is 17.7. The SMILES string of the molecule is CSc1nc(N2CCCCC2)c2cnn(CCNC(=O)c3cc(-c4ccco4)on3)c2n1. The van der Waals surface area contributed by atoms with Crippen molar-refractivity contribution in [3.05, 3.63) is 36.4 Å². The summed E-state index contributed by atoms with van der Waals surface area (Å²) in [6.07, 6.45) is 8.92. The van der Waals surface area contributed by atoms with Crippen LogP contribution in [0.25, 0.3) is 22.6 Å². The van der Waals surface area contributed by atoms with Gasteiger partial charge in [-0.15, -0.1) is 0 Å². The van der Waals surface area contributed by atoms with Crippen LogP contribution in [0.3, 0.4) is 0 Å². The molecule has 166 valence electrons. The van der Waals surface area contributed by atoms with Crippen molar-refractivity contribution in [2.45, 2.75) is 31.0 Å². The monoisotopic (exact) mass is 453 g/mol. The minimum absolute atomic E-state index is 0.195. The minimum Gasteiger partial charge on any atom is -0.461 e. The largest absolute Gasteiger partial charge is 0.461 e. The van der Waals surface area contributed by atoms with Crippen LogP contribution in [0.4, 0.5) is 5.82 Å². The lowest BCUT2D eigenvalue weighted by Gasteiger charge is -2.28. The number of hydrogen-bond donors (Lipinski definition) is 1. The Hall–Kier alpha value is -3.34. The summed E-state index contributed by atoms with van der Waals surface area (Å²) < 4.78 is 12.3. The molecule has 0 saturated carbocycles. The van der Waals surface area contributed by atoms with E-state index in [2.05, 4.69) is 25.5 Å². The van der Waals surface area contributed by atoms with Crippen molar-refractivity contribution in [3.63, 3.8) is 0 Å². The number of rotatable bonds is 7. The number of fused-ring (bicyclic) bond motifs is 1. The molecule has 11 heteroatoms. The smallest absolute Gasteiger partial charge is 0.273 e. The van der Waals surface area contributed by atoms with Crippen LogP contribution in [-0.4, -0.2) is 56.7 Å². The summed E-state index contributed by atoms with van der Waals surface area (Å²) in [5, 5.41) is 12.9. The molecular weight excluding hydrogens is 430 g/mol. The number of amides is 1. The highest BCUT2D eigenvalue weighted by atomic mass is 32.2. The van der Waals surface area contributed by atoms with Crippen molar-refractivity contribution in [1.82, 2.24) is 30.2 Å². The first-order chi connectivity index (χ1) is 15.7. The van der Waals surface area contributed by atoms with Crippen molar-refractivity contribution in [1.29, 1.82) is 0 Å². The van der Waals surface area contributed by atoms with E-state index in [4.69, 9.17) is 13.9 Å². The first kappa shape index (κ1) is 20.6. The maximum Gasteiger partial charge on any atom is 0.273 e. The lowest BCUT2D eigenvalue weighted by atomic mass is 10.1. The number of furan rings is 1. The quantitative estimate of drug-likeness (QED) is 0.333. The Morgan fingerprint density at radius 1 is 1.22 bits per heavy atom. The van der Waals surface area contributed by atoms with Crippen LogP contribution in [0.2, 0.25) is 0 Å². The summed E-state index contributed by atoms with van der Waals surface area (Å²) in [6.45, 7) is 2.84. The fourth-order valence-electron chi connectivity index (χ4n) is 3.81. The van der Waals surface area contributed by atoms with Gasteiger partial charge in [-0.2, -0.15) is 5.10 Å². The van der Waals surface area contributed by atoms with Gasteiger partial charge in [0.15, 0.2) is 22.3 Å². The molecule has 4 aromatic rings. The summed E-state index contributed by atoms with van der Waals surface area (Å²) in [4.78, 5) is 24.2. The second-order valence-electron chi connectivity index (χ2n) is 7.50. The van der Waals surface area contributed by atoms with Gasteiger partial charge in [-0.3, -0.25) is 4.79 Å². The summed E-state index contributed by atoms with van der Waals surface area (Å²) in [7, 11) is 0. The molecule has 0 aromatic carbocycles. The molecular formula is C21H23N7O3S. The molecule has 0 unspecified atom stereocenters. The number of thioether (sulfide) groups is 1. The average molecular weight is 454 g/mol. The van der Waals surface area contributed by atoms with E-state index < -0.39 is 0 Å². The Morgan fingerprint density at radius 3 is 2.88 bits per heavy atom. The van der Waals surface area contributed by atoms with Crippen LogP contribution in [0.5, 0.6) is 0 Å². The topological polar surface area (TPSA) is 115 Å². The van der Waals surface area contributed by atoms with Gasteiger partial charge in [0.2, 0.25) is 5.76 Å². The molecule has 1 aliphatic heterocycles. The standard InChI is InChI=1S/C21H23N7O3S/c1-32-21-24-18(27-8-3-2-4-9-27)14-13-23-28(19(14)25-21)10-7-22-20(29)15-12-17(31-26-15)16-6-5-11-30-16/h5-6,11-13H,2-4,7-10H2,1H3,(H,22,29). The van der Waals surface area contributed by atoms with Crippen molar-refractivity contribution < 1.29 is 13.7 Å². The van der Waals surface area contributed by atoms with Crippen LogP contribution in [0, 0.1) is 0 Å². The van der Waals surface area contributed by atoms with Crippen molar-refractivity contribution in [2.24, 2.45) is 0 Å². The summed E-state index contributed by atoms with van der Waals surface area (Å²) in [5.41, 5.74) is 0.974. The zero-order valence-corrected chi connectivity index (χ0v) is 18.5. The Labute approximate surface area is 188 Å². The molecule has 0 aliphatic carbocycles. The zero-order chi connectivity index (χ0) is 21.9. The van der Waals surface area contributed by atoms with Gasteiger partial charge in [-0.05, 0) is 37.7 Å². The van der Waals surface area contributed by atoms with E-state index in [-0.39, 0.29) is 11.6 Å². The van der Waals surface area contributed by atoms with Gasteiger partial charge in [-0.1, -0.05) is 16.9 Å². The van der Waals surface area contributed by atoms with Gasteiger partial charge in [0.25, 0.3) is 5.91 Å². The first-order valence-electron chi connectivity index (χ1n) is 10.5. The van der Waals surface area contributed by atoms with E-state index in [1.165, 1.54) is 37.3 Å². The van der Waals surface area contributed by atoms with Gasteiger partial charge in [-0.25, -0.2) is 14.6 Å². The number of piperidine rings is 1. The van der Waals surface area contributed by atoms with E-state index >= 15 is 0 Å². The molecule has 0 radical (unpaired) electrons. The van der Waals surface area contributed by atoms with Gasteiger partial charge in [0.1, 0.15) is 5.82 Å². The lowest BCUT2D eigenvalue weighted by molar-refractivity contribution is 0.0943. The Kier molecular flexibility index (Phi) is 5.80. The van der Waals surface area contributed by atoms with Gasteiger partial charge < -0.3 is 19.2 Å². The van der Waals surface area contributed by atoms with Crippen LogP contribution < -0.4 is 10.2 Å². The van der Waals surface area contributed by atoms with Crippen LogP contribution in [0.1, 0.15) is 29.8 Å². The fourth-order valence-corrected chi connectivity index (χ4v) is 4.16. The molecule has 0 spiro atoms. The Morgan fingerprint density at radius 2 is 2.09 bits per heavy atom. The highest BCUT2D eigenvalue weighted by Gasteiger charge is 2.20. The minimum atomic E-state index is -0.323. The number of nitrogens with one attached hydrogen (secondary N) is 1. The maximum absolute atomic E-state index is 12.5. The Bertz CT molecular complexity index is 1210. The Balaban J connectivity index is 1.29. The molecule has 0 bridgehead atoms. The molecule has 1 saturated heterocycles. The summed E-state index contributed by atoms with van der Waals surface area (Å²) in [5.74, 6) is 1.55. The molecule has 32 heavy (non-hydrogen) atoms. The highest BCUT2D eigenvalue weighted by Crippen LogP contribution is 2.28. The van der Waals surface area contributed by atoms with Crippen molar-refractivity contribution in [2.75, 3.05) is 30.8 Å². The maximum atomic E-state index is 12.5. The number of carbonyl (C=O) groups excluding carboxylic acids is 1. The van der Waals surface area contributed by atoms with Crippen LogP contribution in [0.15, 0.2) is 44.8 Å². The third-order valence-electron chi connectivity index (χ3n) is 5.41.